The summed E-state index contributed by atoms with van der Waals surface area (Å²) in [6.07, 6.45) is -1.43. The molecule has 232 valence electrons. The van der Waals surface area contributed by atoms with Crippen molar-refractivity contribution < 1.29 is 23.9 Å². The van der Waals surface area contributed by atoms with E-state index in [0.717, 1.165) is 48.6 Å². The van der Waals surface area contributed by atoms with Gasteiger partial charge in [-0.2, -0.15) is 0 Å². The Bertz CT molecular complexity index is 1650. The zero-order valence-corrected chi connectivity index (χ0v) is 27.5. The van der Waals surface area contributed by atoms with Crippen molar-refractivity contribution in [3.05, 3.63) is 113 Å². The number of hydrogen-bond acceptors (Lipinski definition) is 8. The van der Waals surface area contributed by atoms with Gasteiger partial charge in [0.05, 0.1) is 0 Å². The molecule has 0 bridgehead atoms. The zero-order valence-electron chi connectivity index (χ0n) is 25.4. The molecule has 0 radical (unpaired) electrons. The molecule has 4 aromatic rings. The van der Waals surface area contributed by atoms with Gasteiger partial charge in [-0.3, -0.25) is 0 Å². The molecule has 1 fully saturated rings. The van der Waals surface area contributed by atoms with Crippen LogP contribution in [-0.4, -0.2) is 92.2 Å². The van der Waals surface area contributed by atoms with Gasteiger partial charge in [0.25, 0.3) is 0 Å². The molecule has 1 saturated heterocycles. The molecule has 6 rings (SSSR count). The van der Waals surface area contributed by atoms with Crippen LogP contribution in [0.4, 0.5) is 10.5 Å². The van der Waals surface area contributed by atoms with Crippen molar-refractivity contribution in [2.24, 2.45) is 0 Å². The molecule has 2 aliphatic rings. The standard InChI is InChI=1S/C34H36AsN5O5/c1-37-17-19-38(20-18-37)27-15-13-26(14-16-27)32(41)35-31-28-21-39(33(42)30(44-2)25-11-7-4-8-12-25)22-29(28)40(36-31)34(43)45-23-24-9-5-3-6-10-24/h3-16,30,35H,17-23H2,1-2H3. The van der Waals surface area contributed by atoms with E-state index in [9.17, 15) is 14.4 Å². The van der Waals surface area contributed by atoms with Crippen LogP contribution in [-0.2, 0) is 34.0 Å². The fourth-order valence-electron chi connectivity index (χ4n) is 5.67. The number of aromatic nitrogens is 2. The van der Waals surface area contributed by atoms with E-state index >= 15 is 0 Å². The number of fused-ring (bicyclic) bond motifs is 1. The van der Waals surface area contributed by atoms with Crippen molar-refractivity contribution in [1.29, 1.82) is 0 Å². The van der Waals surface area contributed by atoms with E-state index in [1.807, 2.05) is 84.9 Å². The normalized spacial score (nSPS) is 15.8. The number of rotatable bonds is 9. The molecule has 0 saturated carbocycles. The van der Waals surface area contributed by atoms with Crippen LogP contribution in [0.5, 0.6) is 0 Å². The Morgan fingerprint density at radius 2 is 1.53 bits per heavy atom. The summed E-state index contributed by atoms with van der Waals surface area (Å²) in [4.78, 5) is 46.8. The van der Waals surface area contributed by atoms with E-state index in [-0.39, 0.29) is 30.2 Å². The summed E-state index contributed by atoms with van der Waals surface area (Å²) in [5, 5.41) is 4.62. The molecule has 2 atom stereocenters. The van der Waals surface area contributed by atoms with Gasteiger partial charge < -0.3 is 0 Å². The van der Waals surface area contributed by atoms with Gasteiger partial charge in [0.1, 0.15) is 0 Å². The van der Waals surface area contributed by atoms with Crippen LogP contribution in [0.25, 0.3) is 0 Å². The number of hydrogen-bond donors (Lipinski definition) is 0. The van der Waals surface area contributed by atoms with Gasteiger partial charge in [-0.1, -0.05) is 0 Å². The van der Waals surface area contributed by atoms with Crippen molar-refractivity contribution in [2.75, 3.05) is 45.2 Å². The molecule has 1 aromatic heterocycles. The molecular weight excluding hydrogens is 633 g/mol. The number of anilines is 1. The summed E-state index contributed by atoms with van der Waals surface area (Å²) in [6.45, 7) is 4.39. The molecule has 45 heavy (non-hydrogen) atoms. The zero-order chi connectivity index (χ0) is 31.3. The maximum absolute atomic E-state index is 13.7. The van der Waals surface area contributed by atoms with Crippen LogP contribution in [0, 0.1) is 0 Å². The van der Waals surface area contributed by atoms with Gasteiger partial charge in [0.15, 0.2) is 0 Å². The second kappa shape index (κ2) is 13.8. The number of carbonyl (C=O) groups is 3. The molecule has 11 heteroatoms. The van der Waals surface area contributed by atoms with Crippen LogP contribution in [0.3, 0.4) is 0 Å². The van der Waals surface area contributed by atoms with Crippen LogP contribution in [0.15, 0.2) is 84.9 Å². The first-order valence-corrected chi connectivity index (χ1v) is 17.0. The van der Waals surface area contributed by atoms with Gasteiger partial charge in [0, 0.05) is 0 Å². The molecule has 1 amide bonds. The Hall–Kier alpha value is -4.24. The third-order valence-corrected chi connectivity index (χ3v) is 10.7. The molecule has 0 spiro atoms. The second-order valence-corrected chi connectivity index (χ2v) is 13.7. The Morgan fingerprint density at radius 1 is 0.867 bits per heavy atom. The summed E-state index contributed by atoms with van der Waals surface area (Å²) in [5.74, 6) is -0.221. The number of carbonyl (C=O) groups excluding carboxylic acids is 3. The van der Waals surface area contributed by atoms with E-state index in [1.54, 1.807) is 4.90 Å². The van der Waals surface area contributed by atoms with Crippen molar-refractivity contribution >= 4 is 42.5 Å². The number of piperazine rings is 1. The van der Waals surface area contributed by atoms with E-state index in [2.05, 4.69) is 21.9 Å². The van der Waals surface area contributed by atoms with E-state index in [1.165, 1.54) is 11.8 Å². The van der Waals surface area contributed by atoms with Crippen LogP contribution < -0.4 is 9.38 Å². The molecule has 0 N–H and O–H groups in total. The SMILES string of the molecule is COC(C(=O)N1Cc2c([AsH]C(=O)c3ccc(N4CCN(C)CC4)cc3)nn(C(=O)OCc3ccccc3)c2C1)c1ccccc1. The molecule has 0 aliphatic carbocycles. The van der Waals surface area contributed by atoms with Crippen molar-refractivity contribution in [1.82, 2.24) is 19.6 Å². The maximum atomic E-state index is 13.7. The van der Waals surface area contributed by atoms with Gasteiger partial charge in [-0.05, 0) is 0 Å². The first-order valence-electron chi connectivity index (χ1n) is 14.9. The average molecular weight is 670 g/mol. The summed E-state index contributed by atoms with van der Waals surface area (Å²) >= 11 is -1.45. The molecule has 3 heterocycles. The Labute approximate surface area is 269 Å². The minimum atomic E-state index is -1.45. The molecule has 3 aromatic carbocycles. The summed E-state index contributed by atoms with van der Waals surface area (Å²) in [5.41, 5.74) is 4.63. The first-order chi connectivity index (χ1) is 21.9. The molecule has 2 unspecified atom stereocenters. The van der Waals surface area contributed by atoms with E-state index < -0.39 is 27.9 Å². The fraction of sp³-hybridized carbons (Fsp3) is 0.294. The summed E-state index contributed by atoms with van der Waals surface area (Å²) in [7, 11) is 3.63. The third-order valence-electron chi connectivity index (χ3n) is 8.26. The van der Waals surface area contributed by atoms with Crippen LogP contribution >= 0.6 is 0 Å². The summed E-state index contributed by atoms with van der Waals surface area (Å²) in [6, 6.07) is 26.5. The summed E-state index contributed by atoms with van der Waals surface area (Å²) < 4.78 is 13.0. The Balaban J connectivity index is 1.22. The van der Waals surface area contributed by atoms with Gasteiger partial charge in [0.2, 0.25) is 0 Å². The van der Waals surface area contributed by atoms with Gasteiger partial charge >= 0.3 is 270 Å². The molecule has 2 aliphatic heterocycles. The average Bonchev–Trinajstić information content (AvgIpc) is 3.66. The van der Waals surface area contributed by atoms with Gasteiger partial charge in [-0.15, -0.1) is 0 Å². The number of benzene rings is 3. The van der Waals surface area contributed by atoms with Crippen molar-refractivity contribution in [2.45, 2.75) is 25.8 Å². The predicted molar refractivity (Wildman–Crippen MR) is 172 cm³/mol. The van der Waals surface area contributed by atoms with Gasteiger partial charge in [-0.25, -0.2) is 0 Å². The van der Waals surface area contributed by atoms with E-state index in [0.29, 0.717) is 15.7 Å². The quantitative estimate of drug-likeness (QED) is 0.251. The fourth-order valence-corrected chi connectivity index (χ4v) is 7.87. The topological polar surface area (TPSA) is 97.2 Å². The second-order valence-electron chi connectivity index (χ2n) is 11.2. The molecule has 10 nitrogen and oxygen atoms in total. The number of ether oxygens (including phenoxy) is 2. The van der Waals surface area contributed by atoms with Crippen LogP contribution in [0.1, 0.15) is 38.8 Å². The van der Waals surface area contributed by atoms with Crippen molar-refractivity contribution in [3.8, 4) is 0 Å². The van der Waals surface area contributed by atoms with E-state index in [4.69, 9.17) is 9.47 Å². The number of nitrogens with zero attached hydrogens (tertiary/aromatic N) is 5. The van der Waals surface area contributed by atoms with Crippen LogP contribution in [0.2, 0.25) is 0 Å². The Kier molecular flexibility index (Phi) is 9.44. The first kappa shape index (κ1) is 30.8. The van der Waals surface area contributed by atoms with Crippen molar-refractivity contribution in [3.63, 3.8) is 0 Å². The number of likely N-dealkylation sites (N-methyl/N-ethyl adjacent to an activating group) is 1. The number of methoxy groups -OCH3 is 1. The predicted octanol–water partition coefficient (Wildman–Crippen LogP) is 2.95. The number of amides is 1. The molecular formula is C34H36AsN5O5. The minimum absolute atomic E-state index is 0.00820. The monoisotopic (exact) mass is 669 g/mol. The third kappa shape index (κ3) is 6.88. The Morgan fingerprint density at radius 3 is 2.20 bits per heavy atom.